The zero-order chi connectivity index (χ0) is 20.3. The van der Waals surface area contributed by atoms with Crippen LogP contribution < -0.4 is 0 Å². The summed E-state index contributed by atoms with van der Waals surface area (Å²) in [5, 5.41) is 11.0. The van der Waals surface area contributed by atoms with Gasteiger partial charge in [0.25, 0.3) is 5.91 Å². The van der Waals surface area contributed by atoms with Crippen molar-refractivity contribution in [1.82, 2.24) is 9.80 Å². The number of amides is 1. The Morgan fingerprint density at radius 1 is 1.29 bits per heavy atom. The third-order valence-electron chi connectivity index (χ3n) is 5.70. The summed E-state index contributed by atoms with van der Waals surface area (Å²) in [6, 6.07) is 3.88. The van der Waals surface area contributed by atoms with Crippen molar-refractivity contribution in [3.8, 4) is 0 Å². The van der Waals surface area contributed by atoms with Gasteiger partial charge in [-0.25, -0.2) is 8.78 Å². The van der Waals surface area contributed by atoms with Gasteiger partial charge in [0.2, 0.25) is 0 Å². The summed E-state index contributed by atoms with van der Waals surface area (Å²) in [5.74, 6) is -2.75. The van der Waals surface area contributed by atoms with Crippen LogP contribution in [0.2, 0.25) is 0 Å². The molecule has 0 bridgehead atoms. The minimum atomic E-state index is -1.56. The molecule has 1 amide bonds. The highest BCUT2D eigenvalue weighted by molar-refractivity contribution is 5.86. The Labute approximate surface area is 163 Å². The minimum Gasteiger partial charge on any atom is -0.469 e. The van der Waals surface area contributed by atoms with Crippen molar-refractivity contribution in [2.24, 2.45) is 5.92 Å². The molecule has 1 aromatic rings. The fraction of sp³-hybridized carbons (Fsp3) is 0.600. The number of carbonyl (C=O) groups excluding carboxylic acids is 2. The minimum absolute atomic E-state index is 0.0743. The third kappa shape index (κ3) is 4.33. The molecule has 154 valence electrons. The Hall–Kier alpha value is -2.06. The average molecular weight is 396 g/mol. The first-order valence-electron chi connectivity index (χ1n) is 9.59. The van der Waals surface area contributed by atoms with E-state index in [1.165, 1.54) is 24.1 Å². The second kappa shape index (κ2) is 8.53. The van der Waals surface area contributed by atoms with E-state index in [4.69, 9.17) is 4.74 Å². The number of carbonyl (C=O) groups is 2. The van der Waals surface area contributed by atoms with Crippen LogP contribution >= 0.6 is 0 Å². The van der Waals surface area contributed by atoms with Gasteiger partial charge in [-0.3, -0.25) is 14.5 Å². The number of ether oxygens (including phenoxy) is 1. The number of nitrogens with zero attached hydrogens (tertiary/aromatic N) is 2. The molecule has 0 radical (unpaired) electrons. The van der Waals surface area contributed by atoms with Crippen LogP contribution in [-0.2, 0) is 20.9 Å². The Morgan fingerprint density at radius 3 is 2.68 bits per heavy atom. The molecule has 2 saturated heterocycles. The molecule has 0 aliphatic carbocycles. The molecule has 2 fully saturated rings. The Kier molecular flexibility index (Phi) is 6.30. The lowest BCUT2D eigenvalue weighted by Gasteiger charge is -2.42. The van der Waals surface area contributed by atoms with E-state index in [0.717, 1.165) is 6.07 Å². The van der Waals surface area contributed by atoms with Crippen molar-refractivity contribution in [2.75, 3.05) is 33.3 Å². The molecule has 0 aromatic heterocycles. The molecule has 1 N–H and O–H groups in total. The van der Waals surface area contributed by atoms with Crippen LogP contribution in [0.1, 0.15) is 31.2 Å². The van der Waals surface area contributed by atoms with Gasteiger partial charge < -0.3 is 14.7 Å². The molecule has 28 heavy (non-hydrogen) atoms. The molecule has 0 saturated carbocycles. The molecule has 1 atom stereocenters. The number of β-amino-alcohol motifs (C(OH)–C–C–N with tert-alkyl or cyclic N) is 1. The van der Waals surface area contributed by atoms with Crippen LogP contribution in [0.15, 0.2) is 18.2 Å². The Bertz CT molecular complexity index is 737. The maximum absolute atomic E-state index is 14.0. The summed E-state index contributed by atoms with van der Waals surface area (Å²) in [7, 11) is 1.37. The lowest BCUT2D eigenvalue weighted by Crippen LogP contribution is -2.59. The molecule has 3 rings (SSSR count). The zero-order valence-electron chi connectivity index (χ0n) is 16.0. The first-order chi connectivity index (χ1) is 13.3. The van der Waals surface area contributed by atoms with Gasteiger partial charge in [0.15, 0.2) is 17.2 Å². The first kappa shape index (κ1) is 20.7. The van der Waals surface area contributed by atoms with Gasteiger partial charge in [0.05, 0.1) is 13.0 Å². The SMILES string of the molecule is COC(=O)C1CCN(C[C@@]2(O)CCCN(Cc3cccc(F)c3F)C2=O)CC1. The van der Waals surface area contributed by atoms with Crippen molar-refractivity contribution in [3.05, 3.63) is 35.4 Å². The van der Waals surface area contributed by atoms with Crippen LogP contribution in [0.3, 0.4) is 0 Å². The van der Waals surface area contributed by atoms with Crippen LogP contribution in [0, 0.1) is 17.6 Å². The number of likely N-dealkylation sites (tertiary alicyclic amines) is 2. The predicted octanol–water partition coefficient (Wildman–Crippen LogP) is 1.70. The van der Waals surface area contributed by atoms with Crippen LogP contribution in [0.25, 0.3) is 0 Å². The highest BCUT2D eigenvalue weighted by atomic mass is 19.2. The maximum atomic E-state index is 14.0. The van der Waals surface area contributed by atoms with E-state index in [2.05, 4.69) is 0 Å². The van der Waals surface area contributed by atoms with Crippen molar-refractivity contribution in [2.45, 2.75) is 37.8 Å². The van der Waals surface area contributed by atoms with Gasteiger partial charge in [-0.15, -0.1) is 0 Å². The molecule has 0 spiro atoms. The van der Waals surface area contributed by atoms with E-state index in [1.807, 2.05) is 4.90 Å². The number of halogens is 2. The number of methoxy groups -OCH3 is 1. The molecule has 1 aromatic carbocycles. The fourth-order valence-electron chi connectivity index (χ4n) is 4.10. The normalized spacial score (nSPS) is 24.4. The van der Waals surface area contributed by atoms with E-state index in [9.17, 15) is 23.5 Å². The molecule has 2 heterocycles. The van der Waals surface area contributed by atoms with Gasteiger partial charge in [0, 0.05) is 25.2 Å². The third-order valence-corrected chi connectivity index (χ3v) is 5.70. The topological polar surface area (TPSA) is 70.1 Å². The first-order valence-corrected chi connectivity index (χ1v) is 9.59. The quantitative estimate of drug-likeness (QED) is 0.768. The van der Waals surface area contributed by atoms with Crippen molar-refractivity contribution in [3.63, 3.8) is 0 Å². The predicted molar refractivity (Wildman–Crippen MR) is 97.1 cm³/mol. The maximum Gasteiger partial charge on any atom is 0.308 e. The summed E-state index contributed by atoms with van der Waals surface area (Å²) in [4.78, 5) is 27.9. The number of piperidine rings is 2. The largest absolute Gasteiger partial charge is 0.469 e. The molecular weight excluding hydrogens is 370 g/mol. The summed E-state index contributed by atoms with van der Waals surface area (Å²) in [6.45, 7) is 1.67. The summed E-state index contributed by atoms with van der Waals surface area (Å²) < 4.78 is 32.2. The van der Waals surface area contributed by atoms with Gasteiger partial charge in [-0.05, 0) is 44.8 Å². The Balaban J connectivity index is 1.63. The number of rotatable bonds is 5. The number of esters is 1. The smallest absolute Gasteiger partial charge is 0.308 e. The van der Waals surface area contributed by atoms with E-state index in [1.54, 1.807) is 0 Å². The van der Waals surface area contributed by atoms with Crippen molar-refractivity contribution < 1.29 is 28.2 Å². The summed E-state index contributed by atoms with van der Waals surface area (Å²) in [5.41, 5.74) is -1.46. The molecule has 8 heteroatoms. The fourth-order valence-corrected chi connectivity index (χ4v) is 4.10. The van der Waals surface area contributed by atoms with Crippen LogP contribution in [0.4, 0.5) is 8.78 Å². The number of hydrogen-bond donors (Lipinski definition) is 1. The lowest BCUT2D eigenvalue weighted by atomic mass is 9.89. The van der Waals surface area contributed by atoms with Crippen LogP contribution in [-0.4, -0.2) is 65.7 Å². The van der Waals surface area contributed by atoms with Crippen molar-refractivity contribution in [1.29, 1.82) is 0 Å². The van der Waals surface area contributed by atoms with E-state index in [-0.39, 0.29) is 30.5 Å². The standard InChI is InChI=1S/C20H26F2N2O4/c1-28-18(25)14-6-10-23(11-7-14)13-20(27)8-3-9-24(19(20)26)12-15-4-2-5-16(21)17(15)22/h2,4-5,14,27H,3,6-13H2,1H3/t20-/m0/s1. The van der Waals surface area contributed by atoms with E-state index >= 15 is 0 Å². The molecule has 2 aliphatic heterocycles. The van der Waals surface area contributed by atoms with Gasteiger partial charge in [-0.2, -0.15) is 0 Å². The van der Waals surface area contributed by atoms with Gasteiger partial charge >= 0.3 is 5.97 Å². The van der Waals surface area contributed by atoms with Gasteiger partial charge in [0.1, 0.15) is 0 Å². The van der Waals surface area contributed by atoms with E-state index in [0.29, 0.717) is 45.3 Å². The molecule has 6 nitrogen and oxygen atoms in total. The average Bonchev–Trinajstić information content (AvgIpc) is 2.69. The Morgan fingerprint density at radius 2 is 2.00 bits per heavy atom. The second-order valence-corrected chi connectivity index (χ2v) is 7.65. The van der Waals surface area contributed by atoms with E-state index < -0.39 is 23.1 Å². The van der Waals surface area contributed by atoms with Crippen molar-refractivity contribution >= 4 is 11.9 Å². The zero-order valence-corrected chi connectivity index (χ0v) is 16.0. The van der Waals surface area contributed by atoms with Gasteiger partial charge in [-0.1, -0.05) is 12.1 Å². The second-order valence-electron chi connectivity index (χ2n) is 7.65. The summed E-state index contributed by atoms with van der Waals surface area (Å²) >= 11 is 0. The van der Waals surface area contributed by atoms with Crippen LogP contribution in [0.5, 0.6) is 0 Å². The monoisotopic (exact) mass is 396 g/mol. The number of hydrogen-bond acceptors (Lipinski definition) is 5. The number of benzene rings is 1. The molecular formula is C20H26F2N2O4. The highest BCUT2D eigenvalue weighted by Crippen LogP contribution is 2.28. The molecule has 2 aliphatic rings. The molecule has 0 unspecified atom stereocenters. The lowest BCUT2D eigenvalue weighted by molar-refractivity contribution is -0.161. The highest BCUT2D eigenvalue weighted by Gasteiger charge is 2.44. The summed E-state index contributed by atoms with van der Waals surface area (Å²) in [6.07, 6.45) is 2.15. The number of aliphatic hydroxyl groups is 1.